The second-order valence-corrected chi connectivity index (χ2v) is 18.3. The van der Waals surface area contributed by atoms with Crippen molar-refractivity contribution in [2.45, 2.75) is 121 Å². The molecule has 3 heterocycles. The van der Waals surface area contributed by atoms with Gasteiger partial charge in [-0.2, -0.15) is 0 Å². The third-order valence-electron chi connectivity index (χ3n) is 10.9. The highest BCUT2D eigenvalue weighted by Gasteiger charge is 2.62. The predicted molar refractivity (Wildman–Crippen MR) is 201 cm³/mol. The number of carbonyl (C=O) groups is 4. The summed E-state index contributed by atoms with van der Waals surface area (Å²) in [6.45, 7) is 9.05. The van der Waals surface area contributed by atoms with Gasteiger partial charge in [0.1, 0.15) is 40.9 Å². The first-order valence-corrected chi connectivity index (χ1v) is 20.6. The van der Waals surface area contributed by atoms with Crippen molar-refractivity contribution >= 4 is 44.6 Å². The number of ether oxygens (including phenoxy) is 3. The van der Waals surface area contributed by atoms with Crippen LogP contribution in [0.2, 0.25) is 0 Å². The van der Waals surface area contributed by atoms with Crippen molar-refractivity contribution in [3.63, 3.8) is 0 Å². The molecule has 14 nitrogen and oxygen atoms in total. The van der Waals surface area contributed by atoms with Crippen molar-refractivity contribution in [3.8, 4) is 11.6 Å². The van der Waals surface area contributed by atoms with Crippen LogP contribution in [0.1, 0.15) is 86.0 Å². The zero-order valence-corrected chi connectivity index (χ0v) is 33.0. The number of hydrogen-bond acceptors (Lipinski definition) is 10. The second-order valence-electron chi connectivity index (χ2n) is 16.4. The number of nitrogens with zero attached hydrogens (tertiary/aromatic N) is 2. The smallest absolute Gasteiger partial charge is 0.408 e. The number of methoxy groups -OCH3 is 1. The molecule has 55 heavy (non-hydrogen) atoms. The molecule has 16 heteroatoms. The Hall–Kier alpha value is -4.47. The number of rotatable bonds is 8. The summed E-state index contributed by atoms with van der Waals surface area (Å²) in [6.07, 6.45) is 7.17. The number of aromatic nitrogens is 1. The number of alkyl carbamates (subject to hydrolysis) is 1. The summed E-state index contributed by atoms with van der Waals surface area (Å²) < 4.78 is 59.8. The summed E-state index contributed by atoms with van der Waals surface area (Å²) in [5, 5.41) is 5.89. The largest absolute Gasteiger partial charge is 0.494 e. The number of carbonyl (C=O) groups excluding carboxylic acids is 4. The first-order valence-electron chi connectivity index (χ1n) is 19.1. The van der Waals surface area contributed by atoms with Crippen LogP contribution in [-0.2, 0) is 29.1 Å². The van der Waals surface area contributed by atoms with Crippen LogP contribution in [0, 0.1) is 23.6 Å². The van der Waals surface area contributed by atoms with Crippen molar-refractivity contribution in [1.82, 2.24) is 25.2 Å². The summed E-state index contributed by atoms with van der Waals surface area (Å²) in [5.41, 5.74) is -2.40. The number of allylic oxidation sites excluding steroid dienone is 1. The number of nitrogens with one attached hydrogen (secondary N) is 3. The lowest BCUT2D eigenvalue weighted by atomic mass is 9.85. The van der Waals surface area contributed by atoms with Gasteiger partial charge in [0.05, 0.1) is 30.5 Å². The summed E-state index contributed by atoms with van der Waals surface area (Å²) >= 11 is 0. The number of benzene rings is 1. The molecule has 1 aromatic heterocycles. The Kier molecular flexibility index (Phi) is 11.4. The third kappa shape index (κ3) is 9.00. The van der Waals surface area contributed by atoms with Crippen LogP contribution in [0.15, 0.2) is 36.5 Å². The van der Waals surface area contributed by atoms with Gasteiger partial charge < -0.3 is 29.7 Å². The van der Waals surface area contributed by atoms with Gasteiger partial charge >= 0.3 is 6.09 Å². The Morgan fingerprint density at radius 2 is 1.87 bits per heavy atom. The van der Waals surface area contributed by atoms with E-state index in [1.54, 1.807) is 26.8 Å². The Labute approximate surface area is 321 Å². The fourth-order valence-corrected chi connectivity index (χ4v) is 9.09. The van der Waals surface area contributed by atoms with Crippen LogP contribution in [-0.4, -0.2) is 90.3 Å². The minimum atomic E-state index is -3.93. The third-order valence-corrected chi connectivity index (χ3v) is 12.7. The van der Waals surface area contributed by atoms with Crippen LogP contribution >= 0.6 is 0 Å². The summed E-state index contributed by atoms with van der Waals surface area (Å²) in [5.74, 6) is -2.79. The van der Waals surface area contributed by atoms with Crippen molar-refractivity contribution in [2.75, 3.05) is 13.7 Å². The molecule has 6 rings (SSSR count). The van der Waals surface area contributed by atoms with Crippen LogP contribution in [0.4, 0.5) is 9.18 Å². The minimum Gasteiger partial charge on any atom is -0.494 e. The highest BCUT2D eigenvalue weighted by Crippen LogP contribution is 2.46. The molecule has 3 N–H and O–H groups in total. The maximum Gasteiger partial charge on any atom is 0.408 e. The van der Waals surface area contributed by atoms with Gasteiger partial charge in [-0.3, -0.25) is 19.1 Å². The number of sulfonamides is 1. The molecule has 0 bridgehead atoms. The molecule has 2 aliphatic heterocycles. The highest BCUT2D eigenvalue weighted by molar-refractivity contribution is 7.91. The fraction of sp³-hybridized carbons (Fsp3) is 0.615. The molecule has 2 aromatic rings. The maximum absolute atomic E-state index is 14.9. The molecular formula is C39H52FN5O9S. The number of hydrogen-bond donors (Lipinski definition) is 3. The van der Waals surface area contributed by atoms with Crippen LogP contribution < -0.4 is 24.8 Å². The van der Waals surface area contributed by atoms with Crippen molar-refractivity contribution in [2.24, 2.45) is 17.8 Å². The van der Waals surface area contributed by atoms with Gasteiger partial charge in [-0.1, -0.05) is 32.4 Å². The van der Waals surface area contributed by atoms with E-state index >= 15 is 0 Å². The fourth-order valence-electron chi connectivity index (χ4n) is 7.73. The molecule has 0 unspecified atom stereocenters. The molecule has 0 spiro atoms. The van der Waals surface area contributed by atoms with Gasteiger partial charge in [0.15, 0.2) is 0 Å². The van der Waals surface area contributed by atoms with Gasteiger partial charge in [0.2, 0.25) is 27.7 Å². The highest BCUT2D eigenvalue weighted by atomic mass is 32.2. The molecule has 4 aliphatic rings. The average Bonchev–Trinajstić information content (AvgIpc) is 4.04. The quantitative estimate of drug-likeness (QED) is 0.322. The van der Waals surface area contributed by atoms with E-state index in [4.69, 9.17) is 14.2 Å². The van der Waals surface area contributed by atoms with Crippen molar-refractivity contribution in [1.29, 1.82) is 0 Å². The molecule has 1 aromatic carbocycles. The van der Waals surface area contributed by atoms with Gasteiger partial charge in [0.25, 0.3) is 5.91 Å². The Balaban J connectivity index is 1.37. The molecule has 0 radical (unpaired) electrons. The molecule has 4 amide bonds. The van der Waals surface area contributed by atoms with Gasteiger partial charge in [0, 0.05) is 17.7 Å². The monoisotopic (exact) mass is 785 g/mol. The van der Waals surface area contributed by atoms with E-state index in [-0.39, 0.29) is 37.1 Å². The molecular weight excluding hydrogens is 734 g/mol. The lowest BCUT2D eigenvalue weighted by Gasteiger charge is -2.34. The lowest BCUT2D eigenvalue weighted by molar-refractivity contribution is -0.142. The number of amides is 4. The average molecular weight is 786 g/mol. The zero-order chi connectivity index (χ0) is 39.9. The normalized spacial score (nSPS) is 29.5. The standard InChI is InChI=1S/C39H52FN5O9S/c1-7-23-16-22(2)10-8-9-11-24-19-39(24,36(48)44-55(50,51)27-13-14-27)43-33(46)30-18-26(21-45(30)35(47)32(23)42-37(49)54-38(3,4)5)53-34-29-17-25(40)12-15-28(29)31(52-6)20-41-34/h9,11-12,15,17,20,22-24,26-27,30,32H,7-8,10,13-14,16,18-19,21H2,1-6H3,(H,42,49)(H,43,46)(H,44,48)/b11-9-/t22-,23-,24-,26-,30+,32+,39-/m1/s1. The maximum atomic E-state index is 14.9. The molecule has 2 saturated carbocycles. The lowest BCUT2D eigenvalue weighted by Crippen LogP contribution is -2.59. The number of fused-ring (bicyclic) bond motifs is 3. The zero-order valence-electron chi connectivity index (χ0n) is 32.2. The van der Waals surface area contributed by atoms with Crippen molar-refractivity contribution < 1.29 is 46.2 Å². The summed E-state index contributed by atoms with van der Waals surface area (Å²) in [4.78, 5) is 62.1. The van der Waals surface area contributed by atoms with E-state index in [1.165, 1.54) is 30.3 Å². The van der Waals surface area contributed by atoms with E-state index in [1.807, 2.05) is 19.1 Å². The van der Waals surface area contributed by atoms with Crippen LogP contribution in [0.3, 0.4) is 0 Å². The Bertz CT molecular complexity index is 1970. The number of halogens is 1. The van der Waals surface area contributed by atoms with Gasteiger partial charge in [-0.25, -0.2) is 22.6 Å². The van der Waals surface area contributed by atoms with Crippen molar-refractivity contribution in [3.05, 3.63) is 42.4 Å². The second kappa shape index (κ2) is 15.6. The van der Waals surface area contributed by atoms with Gasteiger partial charge in [-0.05, 0) is 89.3 Å². The van der Waals surface area contributed by atoms with Gasteiger partial charge in [-0.15, -0.1) is 0 Å². The molecule has 1 saturated heterocycles. The topological polar surface area (TPSA) is 182 Å². The molecule has 7 atom stereocenters. The SMILES string of the molecule is CC[C@@H]1C[C@H](C)CC/C=C\[C@@H]2C[C@@]2(C(=O)NS(=O)(=O)C2CC2)NC(=O)[C@@H]2C[C@@H](Oc3ncc(OC)c4ccc(F)cc34)CN2C(=O)[C@H]1NC(=O)OC(C)(C)C. The van der Waals surface area contributed by atoms with E-state index in [2.05, 4.69) is 27.3 Å². The van der Waals surface area contributed by atoms with Crippen LogP contribution in [0.25, 0.3) is 10.8 Å². The molecule has 3 fully saturated rings. The number of pyridine rings is 1. The summed E-state index contributed by atoms with van der Waals surface area (Å²) in [6, 6.07) is 1.81. The first kappa shape index (κ1) is 40.2. The van der Waals surface area contributed by atoms with E-state index in [0.29, 0.717) is 48.6 Å². The van der Waals surface area contributed by atoms with E-state index in [9.17, 15) is 32.0 Å². The molecule has 2 aliphatic carbocycles. The van der Waals surface area contributed by atoms with Crippen LogP contribution in [0.5, 0.6) is 11.6 Å². The van der Waals surface area contributed by atoms with E-state index in [0.717, 1.165) is 6.42 Å². The van der Waals surface area contributed by atoms with E-state index < -0.39 is 80.2 Å². The Morgan fingerprint density at radius 3 is 2.55 bits per heavy atom. The first-order chi connectivity index (χ1) is 25.9. The Morgan fingerprint density at radius 1 is 1.13 bits per heavy atom. The predicted octanol–water partition coefficient (Wildman–Crippen LogP) is 4.51. The summed E-state index contributed by atoms with van der Waals surface area (Å²) in [7, 11) is -2.46. The minimum absolute atomic E-state index is 0.0486. The molecule has 300 valence electrons.